The molecule has 2 aliphatic rings. The van der Waals surface area contributed by atoms with E-state index in [-0.39, 0.29) is 23.7 Å². The van der Waals surface area contributed by atoms with Crippen molar-refractivity contribution in [3.8, 4) is 0 Å². The lowest BCUT2D eigenvalue weighted by molar-refractivity contribution is -0.194. The highest BCUT2D eigenvalue weighted by atomic mass is 16.5. The Bertz CT molecular complexity index is 728. The van der Waals surface area contributed by atoms with Crippen LogP contribution in [0.2, 0.25) is 0 Å². The average Bonchev–Trinajstić information content (AvgIpc) is 2.82. The lowest BCUT2D eigenvalue weighted by Gasteiger charge is -2.62. The van der Waals surface area contributed by atoms with Gasteiger partial charge in [-0.15, -0.1) is 0 Å². The Morgan fingerprint density at radius 3 is 2.40 bits per heavy atom. The van der Waals surface area contributed by atoms with E-state index < -0.39 is 16.9 Å². The van der Waals surface area contributed by atoms with Crippen molar-refractivity contribution in [2.75, 3.05) is 13.2 Å². The highest BCUT2D eigenvalue weighted by Crippen LogP contribution is 2.73. The molecule has 0 bridgehead atoms. The third-order valence-electron chi connectivity index (χ3n) is 5.87. The summed E-state index contributed by atoms with van der Waals surface area (Å²) in [4.78, 5) is 31.0. The summed E-state index contributed by atoms with van der Waals surface area (Å²) < 4.78 is 10.9. The summed E-state index contributed by atoms with van der Waals surface area (Å²) in [5.41, 5.74) is -1.75. The molecule has 0 amide bonds. The fourth-order valence-electron chi connectivity index (χ4n) is 4.63. The topological polar surface area (TPSA) is 65.0 Å². The number of ether oxygens (including phenoxy) is 2. The molecular weight excluding hydrogens is 318 g/mol. The van der Waals surface area contributed by atoms with E-state index in [0.29, 0.717) is 13.0 Å². The van der Waals surface area contributed by atoms with Crippen molar-refractivity contribution in [1.82, 2.24) is 0 Å². The fraction of sp³-hybridized carbons (Fsp3) is 0.550. The molecule has 134 valence electrons. The van der Waals surface area contributed by atoms with Gasteiger partial charge in [-0.1, -0.05) is 44.2 Å². The Morgan fingerprint density at radius 1 is 1.16 bits per heavy atom. The molecule has 0 unspecified atom stereocenters. The van der Waals surface area contributed by atoms with Crippen molar-refractivity contribution in [2.45, 2.75) is 46.1 Å². The number of aliphatic imine (C=N–C) groups is 1. The largest absolute Gasteiger partial charge is 0.476 e. The Labute approximate surface area is 148 Å². The predicted octanol–water partition coefficient (Wildman–Crippen LogP) is 3.27. The number of Topliss-reactive ketones (excluding diaryl/α,β-unsaturated/α-hetero) is 1. The van der Waals surface area contributed by atoms with Crippen LogP contribution in [-0.4, -0.2) is 30.9 Å². The quantitative estimate of drug-likeness (QED) is 0.608. The molecule has 1 aromatic rings. The number of esters is 1. The maximum Gasteiger partial charge on any atom is 0.323 e. The molecule has 1 aliphatic heterocycles. The van der Waals surface area contributed by atoms with E-state index in [1.807, 2.05) is 30.3 Å². The molecule has 0 aromatic heterocycles. The molecule has 5 heteroatoms. The lowest BCUT2D eigenvalue weighted by Crippen LogP contribution is -2.70. The van der Waals surface area contributed by atoms with E-state index in [9.17, 15) is 9.59 Å². The number of benzene rings is 1. The van der Waals surface area contributed by atoms with Crippen molar-refractivity contribution in [1.29, 1.82) is 0 Å². The molecule has 3 rings (SSSR count). The van der Waals surface area contributed by atoms with Crippen molar-refractivity contribution in [3.63, 3.8) is 0 Å². The summed E-state index contributed by atoms with van der Waals surface area (Å²) in [7, 11) is 0. The van der Waals surface area contributed by atoms with Crippen LogP contribution in [0.15, 0.2) is 35.3 Å². The van der Waals surface area contributed by atoms with Crippen molar-refractivity contribution < 1.29 is 19.1 Å². The van der Waals surface area contributed by atoms with Gasteiger partial charge in [0.25, 0.3) is 5.90 Å². The van der Waals surface area contributed by atoms with Crippen LogP contribution >= 0.6 is 0 Å². The zero-order chi connectivity index (χ0) is 18.3. The minimum atomic E-state index is -1.32. The van der Waals surface area contributed by atoms with Crippen LogP contribution in [0.25, 0.3) is 0 Å². The smallest absolute Gasteiger partial charge is 0.323 e. The second-order valence-electron chi connectivity index (χ2n) is 6.97. The van der Waals surface area contributed by atoms with Crippen molar-refractivity contribution in [3.05, 3.63) is 35.9 Å². The third kappa shape index (κ3) is 1.98. The summed E-state index contributed by atoms with van der Waals surface area (Å²) >= 11 is 0. The minimum Gasteiger partial charge on any atom is -0.476 e. The number of carbonyl (C=O) groups is 2. The molecule has 0 spiro atoms. The summed E-state index contributed by atoms with van der Waals surface area (Å²) in [6, 6.07) is 9.61. The van der Waals surface area contributed by atoms with Gasteiger partial charge in [0.2, 0.25) is 5.78 Å². The van der Waals surface area contributed by atoms with E-state index >= 15 is 0 Å². The molecule has 1 fully saturated rings. The van der Waals surface area contributed by atoms with Gasteiger partial charge < -0.3 is 9.47 Å². The van der Waals surface area contributed by atoms with Crippen LogP contribution in [0, 0.1) is 10.8 Å². The van der Waals surface area contributed by atoms with Gasteiger partial charge in [-0.25, -0.2) is 4.99 Å². The number of nitrogens with zero attached hydrogens (tertiary/aromatic N) is 1. The first kappa shape index (κ1) is 17.6. The molecular formula is C20H25NO4. The molecule has 1 aliphatic carbocycles. The molecule has 0 N–H and O–H groups in total. The lowest BCUT2D eigenvalue weighted by atomic mass is 9.38. The van der Waals surface area contributed by atoms with Gasteiger partial charge in [0.05, 0.1) is 13.2 Å². The molecule has 1 saturated carbocycles. The second-order valence-corrected chi connectivity index (χ2v) is 6.97. The van der Waals surface area contributed by atoms with E-state index in [1.165, 1.54) is 0 Å². The predicted molar refractivity (Wildman–Crippen MR) is 94.3 cm³/mol. The van der Waals surface area contributed by atoms with E-state index in [1.54, 1.807) is 13.8 Å². The Balaban J connectivity index is 2.27. The average molecular weight is 343 g/mol. The molecule has 25 heavy (non-hydrogen) atoms. The minimum absolute atomic E-state index is 0.0524. The van der Waals surface area contributed by atoms with Gasteiger partial charge in [-0.2, -0.15) is 0 Å². The normalized spacial score (nSPS) is 33.3. The highest BCUT2D eigenvalue weighted by molar-refractivity contribution is 6.45. The van der Waals surface area contributed by atoms with Crippen molar-refractivity contribution >= 4 is 17.7 Å². The zero-order valence-corrected chi connectivity index (χ0v) is 15.3. The molecule has 3 atom stereocenters. The molecule has 5 nitrogen and oxygen atoms in total. The van der Waals surface area contributed by atoms with Crippen LogP contribution in [0.4, 0.5) is 0 Å². The number of rotatable bonds is 5. The fourth-order valence-corrected chi connectivity index (χ4v) is 4.63. The van der Waals surface area contributed by atoms with Gasteiger partial charge in [0.1, 0.15) is 5.54 Å². The SMILES string of the molecule is CCOC(=O)[C@]12C[C@](C)(CC)[C@@]1(c1ccccc1)N=C(OCC)C2=O. The number of carbonyl (C=O) groups excluding carboxylic acids is 2. The number of hydrogen-bond acceptors (Lipinski definition) is 5. The van der Waals surface area contributed by atoms with Gasteiger partial charge in [-0.3, -0.25) is 9.59 Å². The van der Waals surface area contributed by atoms with E-state index in [0.717, 1.165) is 12.0 Å². The third-order valence-corrected chi connectivity index (χ3v) is 5.87. The van der Waals surface area contributed by atoms with Crippen LogP contribution < -0.4 is 0 Å². The number of ketones is 1. The summed E-state index contributed by atoms with van der Waals surface area (Å²) in [5, 5.41) is 0. The first-order valence-corrected chi connectivity index (χ1v) is 8.93. The maximum absolute atomic E-state index is 13.2. The van der Waals surface area contributed by atoms with Gasteiger partial charge in [-0.05, 0) is 32.3 Å². The molecule has 1 heterocycles. The second kappa shape index (κ2) is 5.97. The van der Waals surface area contributed by atoms with Gasteiger partial charge in [0.15, 0.2) is 5.41 Å². The van der Waals surface area contributed by atoms with Gasteiger partial charge in [0, 0.05) is 5.41 Å². The number of fused-ring (bicyclic) bond motifs is 1. The van der Waals surface area contributed by atoms with E-state index in [4.69, 9.17) is 14.5 Å². The number of hydrogen-bond donors (Lipinski definition) is 0. The standard InChI is InChI=1S/C20H25NO4/c1-5-18(4)13-19(17(23)25-7-3)15(22)16(24-6-2)21-20(18,19)14-11-9-8-10-12-14/h8-12H,5-7,13H2,1-4H3/t18-,19+,20+/m0/s1. The van der Waals surface area contributed by atoms with Gasteiger partial charge >= 0.3 is 5.97 Å². The Hall–Kier alpha value is -2.17. The summed E-state index contributed by atoms with van der Waals surface area (Å²) in [6.07, 6.45) is 1.21. The van der Waals surface area contributed by atoms with Crippen LogP contribution in [-0.2, 0) is 24.6 Å². The highest BCUT2D eigenvalue weighted by Gasteiger charge is 2.83. The molecule has 1 aromatic carbocycles. The summed E-state index contributed by atoms with van der Waals surface area (Å²) in [6.45, 7) is 8.27. The Morgan fingerprint density at radius 2 is 1.84 bits per heavy atom. The maximum atomic E-state index is 13.2. The van der Waals surface area contributed by atoms with Crippen LogP contribution in [0.5, 0.6) is 0 Å². The molecule has 0 saturated heterocycles. The Kier molecular flexibility index (Phi) is 4.21. The first-order valence-electron chi connectivity index (χ1n) is 8.93. The summed E-state index contributed by atoms with van der Waals surface area (Å²) in [5.74, 6) is -0.785. The van der Waals surface area contributed by atoms with Crippen LogP contribution in [0.3, 0.4) is 0 Å². The monoisotopic (exact) mass is 343 g/mol. The van der Waals surface area contributed by atoms with Crippen LogP contribution in [0.1, 0.15) is 46.1 Å². The van der Waals surface area contributed by atoms with E-state index in [2.05, 4.69) is 13.8 Å². The first-order chi connectivity index (χ1) is 11.9. The van der Waals surface area contributed by atoms with Crippen molar-refractivity contribution in [2.24, 2.45) is 15.8 Å². The molecule has 0 radical (unpaired) electrons. The zero-order valence-electron chi connectivity index (χ0n) is 15.3.